The van der Waals surface area contributed by atoms with Gasteiger partial charge in [-0.2, -0.15) is 0 Å². The zero-order chi connectivity index (χ0) is 18.5. The number of hydrogen-bond donors (Lipinski definition) is 1. The van der Waals surface area contributed by atoms with Gasteiger partial charge in [-0.25, -0.2) is 4.99 Å². The lowest BCUT2D eigenvalue weighted by Crippen LogP contribution is -2.19. The van der Waals surface area contributed by atoms with Gasteiger partial charge in [0.15, 0.2) is 16.7 Å². The molecule has 3 rings (SSSR count). The van der Waals surface area contributed by atoms with Crippen molar-refractivity contribution in [2.24, 2.45) is 4.99 Å². The Morgan fingerprint density at radius 2 is 2.08 bits per heavy atom. The molecule has 1 fully saturated rings. The molecule has 1 aliphatic heterocycles. The van der Waals surface area contributed by atoms with Crippen molar-refractivity contribution in [2.75, 3.05) is 13.7 Å². The number of carbonyl (C=O) groups is 1. The second-order valence-corrected chi connectivity index (χ2v) is 7.25. The normalized spacial score (nSPS) is 16.8. The summed E-state index contributed by atoms with van der Waals surface area (Å²) in [5, 5.41) is 3.34. The minimum Gasteiger partial charge on any atom is -0.493 e. The highest BCUT2D eigenvalue weighted by Crippen LogP contribution is 2.32. The third-order valence-corrected chi connectivity index (χ3v) is 4.88. The number of amidine groups is 1. The average molecular weight is 433 g/mol. The summed E-state index contributed by atoms with van der Waals surface area (Å²) < 4.78 is 11.8. The number of amides is 1. The predicted molar refractivity (Wildman–Crippen MR) is 109 cm³/mol. The topological polar surface area (TPSA) is 59.9 Å². The molecule has 1 heterocycles. The minimum atomic E-state index is -0.170. The number of benzene rings is 2. The molecule has 0 radical (unpaired) electrons. The first-order valence-electron chi connectivity index (χ1n) is 7.95. The second kappa shape index (κ2) is 8.42. The number of halogens is 1. The van der Waals surface area contributed by atoms with E-state index in [0.29, 0.717) is 28.2 Å². The Hall–Kier alpha value is -2.25. The summed E-state index contributed by atoms with van der Waals surface area (Å²) in [6.45, 7) is 2.48. The number of ether oxygens (including phenoxy) is 2. The molecule has 1 aliphatic rings. The van der Waals surface area contributed by atoms with Crippen molar-refractivity contribution in [1.82, 2.24) is 5.32 Å². The van der Waals surface area contributed by atoms with Crippen LogP contribution in [0.15, 0.2) is 56.8 Å². The Kier molecular flexibility index (Phi) is 6.00. The molecule has 0 bridgehead atoms. The van der Waals surface area contributed by atoms with E-state index in [4.69, 9.17) is 9.47 Å². The monoisotopic (exact) mass is 432 g/mol. The number of rotatable bonds is 5. The van der Waals surface area contributed by atoms with Crippen LogP contribution in [0, 0.1) is 0 Å². The summed E-state index contributed by atoms with van der Waals surface area (Å²) in [7, 11) is 1.59. The molecule has 134 valence electrons. The summed E-state index contributed by atoms with van der Waals surface area (Å²) in [5.41, 5.74) is 1.62. The fourth-order valence-corrected chi connectivity index (χ4v) is 3.57. The van der Waals surface area contributed by atoms with Crippen LogP contribution >= 0.6 is 27.7 Å². The Bertz CT molecular complexity index is 896. The first-order valence-corrected chi connectivity index (χ1v) is 9.56. The number of nitrogens with zero attached hydrogens (tertiary/aromatic N) is 1. The van der Waals surface area contributed by atoms with Crippen molar-refractivity contribution >= 4 is 50.5 Å². The zero-order valence-corrected chi connectivity index (χ0v) is 16.7. The van der Waals surface area contributed by atoms with Gasteiger partial charge in [-0.15, -0.1) is 0 Å². The van der Waals surface area contributed by atoms with Gasteiger partial charge >= 0.3 is 0 Å². The van der Waals surface area contributed by atoms with Crippen molar-refractivity contribution in [3.05, 3.63) is 57.4 Å². The van der Waals surface area contributed by atoms with E-state index < -0.39 is 0 Å². The molecule has 0 aliphatic carbocycles. The van der Waals surface area contributed by atoms with Gasteiger partial charge in [0.25, 0.3) is 5.91 Å². The maximum atomic E-state index is 12.2. The molecule has 5 nitrogen and oxygen atoms in total. The Balaban J connectivity index is 1.82. The first-order chi connectivity index (χ1) is 12.6. The third-order valence-electron chi connectivity index (χ3n) is 3.48. The predicted octanol–water partition coefficient (Wildman–Crippen LogP) is 4.75. The van der Waals surface area contributed by atoms with Gasteiger partial charge < -0.3 is 14.8 Å². The van der Waals surface area contributed by atoms with Gasteiger partial charge in [-0.1, -0.05) is 28.1 Å². The van der Waals surface area contributed by atoms with Crippen LogP contribution in [-0.4, -0.2) is 24.8 Å². The molecule has 1 saturated heterocycles. The number of hydrogen-bond acceptors (Lipinski definition) is 5. The number of carbonyl (C=O) groups excluding carboxylic acids is 1. The van der Waals surface area contributed by atoms with Gasteiger partial charge in [0.2, 0.25) is 0 Å². The molecular weight excluding hydrogens is 416 g/mol. The zero-order valence-electron chi connectivity index (χ0n) is 14.3. The standard InChI is InChI=1S/C19H17BrN2O3S/c1-3-25-15-8-7-12(9-16(15)24-2)10-17-18(23)22-19(26-17)21-14-6-4-5-13(20)11-14/h4-11H,3H2,1-2H3,(H,21,22,23). The van der Waals surface area contributed by atoms with Gasteiger partial charge in [0.1, 0.15) is 0 Å². The van der Waals surface area contributed by atoms with E-state index in [1.165, 1.54) is 11.8 Å². The van der Waals surface area contributed by atoms with Crippen LogP contribution in [0.25, 0.3) is 6.08 Å². The van der Waals surface area contributed by atoms with Gasteiger partial charge in [0.05, 0.1) is 24.3 Å². The number of nitrogens with one attached hydrogen (secondary N) is 1. The highest BCUT2D eigenvalue weighted by molar-refractivity contribution is 9.10. The van der Waals surface area contributed by atoms with Crippen molar-refractivity contribution in [3.63, 3.8) is 0 Å². The summed E-state index contributed by atoms with van der Waals surface area (Å²) in [4.78, 5) is 17.3. The average Bonchev–Trinajstić information content (AvgIpc) is 2.95. The summed E-state index contributed by atoms with van der Waals surface area (Å²) in [6.07, 6.45) is 1.81. The van der Waals surface area contributed by atoms with E-state index >= 15 is 0 Å². The highest BCUT2D eigenvalue weighted by Gasteiger charge is 2.24. The quantitative estimate of drug-likeness (QED) is 0.692. The molecule has 0 aromatic heterocycles. The lowest BCUT2D eigenvalue weighted by molar-refractivity contribution is -0.115. The van der Waals surface area contributed by atoms with Crippen molar-refractivity contribution in [2.45, 2.75) is 6.92 Å². The lowest BCUT2D eigenvalue weighted by Gasteiger charge is -2.09. The molecule has 1 amide bonds. The van der Waals surface area contributed by atoms with Gasteiger partial charge in [0, 0.05) is 4.47 Å². The van der Waals surface area contributed by atoms with Crippen LogP contribution in [0.4, 0.5) is 5.69 Å². The molecular formula is C19H17BrN2O3S. The fraction of sp³-hybridized carbons (Fsp3) is 0.158. The summed E-state index contributed by atoms with van der Waals surface area (Å²) in [6, 6.07) is 13.2. The Morgan fingerprint density at radius 3 is 2.81 bits per heavy atom. The van der Waals surface area contributed by atoms with Crippen molar-refractivity contribution in [3.8, 4) is 11.5 Å². The molecule has 0 unspecified atom stereocenters. The summed E-state index contributed by atoms with van der Waals surface area (Å²) in [5.74, 6) is 1.14. The van der Waals surface area contributed by atoms with Crippen LogP contribution in [0.3, 0.4) is 0 Å². The Labute approximate surface area is 164 Å². The van der Waals surface area contributed by atoms with E-state index in [2.05, 4.69) is 26.2 Å². The van der Waals surface area contributed by atoms with Crippen LogP contribution in [0.1, 0.15) is 12.5 Å². The number of methoxy groups -OCH3 is 1. The van der Waals surface area contributed by atoms with Crippen molar-refractivity contribution < 1.29 is 14.3 Å². The number of aliphatic imine (C=N–C) groups is 1. The SMILES string of the molecule is CCOc1ccc(C=C2SC(=Nc3cccc(Br)c3)NC2=O)cc1OC. The lowest BCUT2D eigenvalue weighted by atomic mass is 10.2. The van der Waals surface area contributed by atoms with E-state index in [1.54, 1.807) is 7.11 Å². The minimum absolute atomic E-state index is 0.170. The maximum Gasteiger partial charge on any atom is 0.264 e. The van der Waals surface area contributed by atoms with Gasteiger partial charge in [-0.05, 0) is 60.7 Å². The van der Waals surface area contributed by atoms with Crippen LogP contribution in [-0.2, 0) is 4.79 Å². The van der Waals surface area contributed by atoms with E-state index in [9.17, 15) is 4.79 Å². The molecule has 26 heavy (non-hydrogen) atoms. The third kappa shape index (κ3) is 4.47. The fourth-order valence-electron chi connectivity index (χ4n) is 2.34. The Morgan fingerprint density at radius 1 is 1.23 bits per heavy atom. The first kappa shape index (κ1) is 18.5. The largest absolute Gasteiger partial charge is 0.493 e. The smallest absolute Gasteiger partial charge is 0.264 e. The van der Waals surface area contributed by atoms with E-state index in [0.717, 1.165) is 15.7 Å². The molecule has 0 spiro atoms. The molecule has 2 aromatic carbocycles. The van der Waals surface area contributed by atoms with Crippen LogP contribution in [0.5, 0.6) is 11.5 Å². The molecule has 2 aromatic rings. The molecule has 0 atom stereocenters. The summed E-state index contributed by atoms with van der Waals surface area (Å²) >= 11 is 4.72. The van der Waals surface area contributed by atoms with Gasteiger partial charge in [-0.3, -0.25) is 4.79 Å². The molecule has 7 heteroatoms. The number of thioether (sulfide) groups is 1. The maximum absolute atomic E-state index is 12.2. The van der Waals surface area contributed by atoms with E-state index in [-0.39, 0.29) is 5.91 Å². The molecule has 1 N–H and O–H groups in total. The van der Waals surface area contributed by atoms with Crippen molar-refractivity contribution in [1.29, 1.82) is 0 Å². The van der Waals surface area contributed by atoms with E-state index in [1.807, 2.05) is 55.5 Å². The van der Waals surface area contributed by atoms with Crippen LogP contribution < -0.4 is 14.8 Å². The molecule has 0 saturated carbocycles. The second-order valence-electron chi connectivity index (χ2n) is 5.30. The highest BCUT2D eigenvalue weighted by atomic mass is 79.9. The van der Waals surface area contributed by atoms with Crippen LogP contribution in [0.2, 0.25) is 0 Å².